The molecule has 5 nitrogen and oxygen atoms in total. The van der Waals surface area contributed by atoms with Crippen LogP contribution in [0.3, 0.4) is 0 Å². The van der Waals surface area contributed by atoms with Crippen LogP contribution >= 0.6 is 23.2 Å². The SMILES string of the molecule is COc1cc([N-]S(=O)(=O)c2ccc(Cl)cc2)c(OC)cc1Cl. The van der Waals surface area contributed by atoms with Gasteiger partial charge in [0, 0.05) is 11.1 Å². The van der Waals surface area contributed by atoms with Gasteiger partial charge in [-0.3, -0.25) is 0 Å². The molecule has 0 aliphatic heterocycles. The minimum absolute atomic E-state index is 0.0212. The Morgan fingerprint density at radius 2 is 1.55 bits per heavy atom. The van der Waals surface area contributed by atoms with Gasteiger partial charge < -0.3 is 14.2 Å². The zero-order valence-electron chi connectivity index (χ0n) is 11.7. The lowest BCUT2D eigenvalue weighted by Crippen LogP contribution is -1.99. The number of methoxy groups -OCH3 is 2. The molecule has 0 aliphatic carbocycles. The summed E-state index contributed by atoms with van der Waals surface area (Å²) in [5, 5.41) is 0.729. The Hall–Kier alpha value is -1.63. The zero-order chi connectivity index (χ0) is 16.3. The molecule has 22 heavy (non-hydrogen) atoms. The van der Waals surface area contributed by atoms with Crippen LogP contribution in [0.5, 0.6) is 11.5 Å². The minimum Gasteiger partial charge on any atom is -0.570 e. The quantitative estimate of drug-likeness (QED) is 0.791. The first-order chi connectivity index (χ1) is 10.4. The molecule has 0 aliphatic rings. The predicted octanol–water partition coefficient (Wildman–Crippen LogP) is 4.40. The van der Waals surface area contributed by atoms with Crippen molar-refractivity contribution in [3.63, 3.8) is 0 Å². The fourth-order valence-electron chi connectivity index (χ4n) is 1.70. The third kappa shape index (κ3) is 3.58. The summed E-state index contributed by atoms with van der Waals surface area (Å²) in [4.78, 5) is 0.0212. The number of benzene rings is 2. The zero-order valence-corrected chi connectivity index (χ0v) is 14.0. The molecule has 0 aromatic heterocycles. The molecule has 0 spiro atoms. The maximum atomic E-state index is 12.3. The molecular weight excluding hydrogens is 349 g/mol. The molecule has 0 atom stereocenters. The summed E-state index contributed by atoms with van der Waals surface area (Å²) < 4.78 is 38.6. The van der Waals surface area contributed by atoms with Crippen molar-refractivity contribution in [3.8, 4) is 11.5 Å². The summed E-state index contributed by atoms with van der Waals surface area (Å²) in [5.41, 5.74) is 0.0960. The number of halogens is 2. The summed E-state index contributed by atoms with van der Waals surface area (Å²) in [6.45, 7) is 0. The first-order valence-corrected chi connectivity index (χ1v) is 8.22. The van der Waals surface area contributed by atoms with Gasteiger partial charge in [-0.1, -0.05) is 28.9 Å². The van der Waals surface area contributed by atoms with Crippen LogP contribution in [-0.4, -0.2) is 22.6 Å². The number of hydrogen-bond donors (Lipinski definition) is 0. The largest absolute Gasteiger partial charge is 0.570 e. The van der Waals surface area contributed by atoms with Gasteiger partial charge in [-0.15, -0.1) is 0 Å². The number of ether oxygens (including phenoxy) is 2. The van der Waals surface area contributed by atoms with Gasteiger partial charge in [-0.05, 0) is 30.3 Å². The Labute approximate surface area is 138 Å². The normalized spacial score (nSPS) is 11.1. The van der Waals surface area contributed by atoms with E-state index >= 15 is 0 Å². The average molecular weight is 361 g/mol. The molecule has 0 unspecified atom stereocenters. The van der Waals surface area contributed by atoms with Gasteiger partial charge in [0.05, 0.1) is 24.1 Å². The molecule has 2 aromatic rings. The molecule has 118 valence electrons. The lowest BCUT2D eigenvalue weighted by atomic mass is 10.3. The predicted molar refractivity (Wildman–Crippen MR) is 86.2 cm³/mol. The van der Waals surface area contributed by atoms with Crippen LogP contribution in [0.25, 0.3) is 4.72 Å². The van der Waals surface area contributed by atoms with Crippen LogP contribution in [0.4, 0.5) is 5.69 Å². The van der Waals surface area contributed by atoms with Crippen molar-refractivity contribution in [1.82, 2.24) is 0 Å². The molecule has 0 radical (unpaired) electrons. The lowest BCUT2D eigenvalue weighted by molar-refractivity contribution is 0.405. The first-order valence-electron chi connectivity index (χ1n) is 6.02. The highest BCUT2D eigenvalue weighted by molar-refractivity contribution is 7.94. The van der Waals surface area contributed by atoms with Crippen molar-refractivity contribution in [2.75, 3.05) is 14.2 Å². The maximum absolute atomic E-state index is 12.3. The number of sulfonamides is 1. The summed E-state index contributed by atoms with van der Waals surface area (Å²) in [6.07, 6.45) is 0. The van der Waals surface area contributed by atoms with E-state index in [1.54, 1.807) is 0 Å². The third-order valence-electron chi connectivity index (χ3n) is 2.78. The van der Waals surface area contributed by atoms with E-state index in [4.69, 9.17) is 32.7 Å². The summed E-state index contributed by atoms with van der Waals surface area (Å²) >= 11 is 11.7. The number of rotatable bonds is 5. The Kier molecular flexibility index (Phi) is 5.05. The average Bonchev–Trinajstić information content (AvgIpc) is 2.48. The van der Waals surface area contributed by atoms with Crippen LogP contribution in [0, 0.1) is 0 Å². The second-order valence-corrected chi connectivity index (χ2v) is 6.63. The molecule has 0 bridgehead atoms. The minimum atomic E-state index is -3.91. The van der Waals surface area contributed by atoms with E-state index < -0.39 is 10.0 Å². The second-order valence-electron chi connectivity index (χ2n) is 4.18. The van der Waals surface area contributed by atoms with Crippen LogP contribution < -0.4 is 9.47 Å². The summed E-state index contributed by atoms with van der Waals surface area (Å²) in [6, 6.07) is 8.54. The van der Waals surface area contributed by atoms with Gasteiger partial charge in [0.1, 0.15) is 21.5 Å². The number of nitrogens with zero attached hydrogens (tertiary/aromatic N) is 1. The van der Waals surface area contributed by atoms with Gasteiger partial charge >= 0.3 is 0 Å². The molecule has 0 fully saturated rings. The first kappa shape index (κ1) is 16.7. The lowest BCUT2D eigenvalue weighted by Gasteiger charge is -2.25. The molecule has 0 saturated carbocycles. The summed E-state index contributed by atoms with van der Waals surface area (Å²) in [5.74, 6) is 0.524. The highest BCUT2D eigenvalue weighted by atomic mass is 35.5. The molecule has 0 saturated heterocycles. The van der Waals surface area contributed by atoms with Crippen LogP contribution in [0.2, 0.25) is 10.0 Å². The van der Waals surface area contributed by atoms with Crippen molar-refractivity contribution >= 4 is 38.9 Å². The molecule has 0 amide bonds. The monoisotopic (exact) mass is 360 g/mol. The Bertz CT molecular complexity index is 776. The van der Waals surface area contributed by atoms with Gasteiger partial charge in [0.2, 0.25) is 0 Å². The van der Waals surface area contributed by atoms with Gasteiger partial charge in [-0.25, -0.2) is 8.42 Å². The van der Waals surface area contributed by atoms with E-state index in [1.807, 2.05) is 0 Å². The van der Waals surface area contributed by atoms with Crippen molar-refractivity contribution in [2.24, 2.45) is 0 Å². The van der Waals surface area contributed by atoms with E-state index in [9.17, 15) is 8.42 Å². The molecule has 0 N–H and O–H groups in total. The topological polar surface area (TPSA) is 66.7 Å². The van der Waals surface area contributed by atoms with Crippen molar-refractivity contribution in [3.05, 3.63) is 51.2 Å². The van der Waals surface area contributed by atoms with E-state index in [0.717, 1.165) is 0 Å². The van der Waals surface area contributed by atoms with Gasteiger partial charge in [-0.2, -0.15) is 0 Å². The highest BCUT2D eigenvalue weighted by Gasteiger charge is 2.10. The van der Waals surface area contributed by atoms with Crippen LogP contribution in [0.1, 0.15) is 0 Å². The molecule has 2 aromatic carbocycles. The second kappa shape index (κ2) is 6.64. The fourth-order valence-corrected chi connectivity index (χ4v) is 3.05. The Balaban J connectivity index is 2.42. The standard InChI is InChI=1S/C14H12Cl2NO4S/c1-20-13-8-12(14(21-2)7-11(13)16)17-22(18,19)10-5-3-9(15)4-6-10/h3-8H,1-2H3/q-1. The van der Waals surface area contributed by atoms with Crippen molar-refractivity contribution < 1.29 is 17.9 Å². The van der Waals surface area contributed by atoms with E-state index in [-0.39, 0.29) is 16.3 Å². The van der Waals surface area contributed by atoms with Crippen molar-refractivity contribution in [1.29, 1.82) is 0 Å². The highest BCUT2D eigenvalue weighted by Crippen LogP contribution is 2.42. The van der Waals surface area contributed by atoms with Crippen LogP contribution in [-0.2, 0) is 10.0 Å². The van der Waals surface area contributed by atoms with E-state index in [1.165, 1.54) is 50.6 Å². The smallest absolute Gasteiger partial charge is 0.136 e. The van der Waals surface area contributed by atoms with Gasteiger partial charge in [0.25, 0.3) is 0 Å². The molecule has 0 heterocycles. The maximum Gasteiger partial charge on any atom is 0.136 e. The van der Waals surface area contributed by atoms with Crippen molar-refractivity contribution in [2.45, 2.75) is 4.90 Å². The fraction of sp³-hybridized carbons (Fsp3) is 0.143. The number of hydrogen-bond acceptors (Lipinski definition) is 4. The molecular formula is C14H12Cl2NO4S-. The molecule has 8 heteroatoms. The van der Waals surface area contributed by atoms with E-state index in [0.29, 0.717) is 15.8 Å². The third-order valence-corrected chi connectivity index (χ3v) is 4.64. The molecule has 2 rings (SSSR count). The van der Waals surface area contributed by atoms with E-state index in [2.05, 4.69) is 4.72 Å². The Morgan fingerprint density at radius 3 is 2.09 bits per heavy atom. The Morgan fingerprint density at radius 1 is 0.955 bits per heavy atom. The summed E-state index contributed by atoms with van der Waals surface area (Å²) in [7, 11) is -1.10. The van der Waals surface area contributed by atoms with Crippen LogP contribution in [0.15, 0.2) is 41.3 Å². The van der Waals surface area contributed by atoms with Gasteiger partial charge in [0.15, 0.2) is 0 Å².